The Morgan fingerprint density at radius 2 is 2.29 bits per heavy atom. The summed E-state index contributed by atoms with van der Waals surface area (Å²) in [6.45, 7) is 2.66. The van der Waals surface area contributed by atoms with E-state index in [2.05, 4.69) is 22.4 Å². The van der Waals surface area contributed by atoms with Crippen LogP contribution in [0.2, 0.25) is 0 Å². The molecule has 3 rings (SSSR count). The van der Waals surface area contributed by atoms with Gasteiger partial charge in [-0.1, -0.05) is 31.2 Å². The van der Waals surface area contributed by atoms with E-state index in [1.54, 1.807) is 0 Å². The molecule has 6 heteroatoms. The van der Waals surface area contributed by atoms with Gasteiger partial charge in [-0.05, 0) is 36.8 Å². The van der Waals surface area contributed by atoms with Gasteiger partial charge in [-0.25, -0.2) is 9.78 Å². The summed E-state index contributed by atoms with van der Waals surface area (Å²) in [7, 11) is 0. The van der Waals surface area contributed by atoms with Crippen molar-refractivity contribution in [2.45, 2.75) is 38.6 Å². The summed E-state index contributed by atoms with van der Waals surface area (Å²) < 4.78 is 0. The summed E-state index contributed by atoms with van der Waals surface area (Å²) in [6.07, 6.45) is 3.35. The molecule has 1 atom stereocenters. The zero-order valence-corrected chi connectivity index (χ0v) is 14.7. The zero-order valence-electron chi connectivity index (χ0n) is 13.9. The number of nitrogens with one attached hydrogen (secondary N) is 1. The fraction of sp³-hybridized carbons (Fsp3) is 0.444. The molecule has 128 valence electrons. The third kappa shape index (κ3) is 3.60. The molecule has 0 saturated heterocycles. The highest BCUT2D eigenvalue weighted by Crippen LogP contribution is 2.36. The van der Waals surface area contributed by atoms with Crippen LogP contribution < -0.4 is 5.32 Å². The molecule has 2 amide bonds. The first kappa shape index (κ1) is 16.9. The van der Waals surface area contributed by atoms with E-state index in [0.717, 1.165) is 25.0 Å². The first-order valence-corrected chi connectivity index (χ1v) is 9.31. The number of amides is 2. The summed E-state index contributed by atoms with van der Waals surface area (Å²) in [5.41, 5.74) is 3.52. The SMILES string of the molecule is CCc1csc(NC(=O)N(CCCO)C2CCc3ccccc32)n1. The molecule has 1 heterocycles. The summed E-state index contributed by atoms with van der Waals surface area (Å²) in [6, 6.07) is 8.23. The average Bonchev–Trinajstić information content (AvgIpc) is 3.22. The molecule has 0 bridgehead atoms. The lowest BCUT2D eigenvalue weighted by atomic mass is 10.1. The minimum Gasteiger partial charge on any atom is -0.396 e. The number of aliphatic hydroxyl groups is 1. The third-order valence-electron chi connectivity index (χ3n) is 4.42. The maximum absolute atomic E-state index is 12.8. The van der Waals surface area contributed by atoms with E-state index in [1.807, 2.05) is 29.3 Å². The van der Waals surface area contributed by atoms with Crippen LogP contribution in [0.5, 0.6) is 0 Å². The van der Waals surface area contributed by atoms with E-state index >= 15 is 0 Å². The van der Waals surface area contributed by atoms with Gasteiger partial charge < -0.3 is 10.0 Å². The molecule has 1 aliphatic carbocycles. The standard InChI is InChI=1S/C18H23N3O2S/c1-2-14-12-24-17(19-14)20-18(23)21(10-5-11-22)16-9-8-13-6-3-4-7-15(13)16/h3-4,6-7,12,16,22H,2,5,8-11H2,1H3,(H,19,20,23). The van der Waals surface area contributed by atoms with E-state index in [-0.39, 0.29) is 18.7 Å². The predicted octanol–water partition coefficient (Wildman–Crippen LogP) is 3.61. The Morgan fingerprint density at radius 1 is 1.46 bits per heavy atom. The van der Waals surface area contributed by atoms with Crippen LogP contribution in [-0.2, 0) is 12.8 Å². The second-order valence-electron chi connectivity index (χ2n) is 5.95. The molecule has 1 unspecified atom stereocenters. The number of aliphatic hydroxyl groups excluding tert-OH is 1. The minimum atomic E-state index is -0.137. The smallest absolute Gasteiger partial charge is 0.324 e. The van der Waals surface area contributed by atoms with E-state index in [1.165, 1.54) is 22.5 Å². The third-order valence-corrected chi connectivity index (χ3v) is 5.23. The summed E-state index contributed by atoms with van der Waals surface area (Å²) in [4.78, 5) is 19.1. The molecule has 1 aromatic heterocycles. The van der Waals surface area contributed by atoms with Crippen LogP contribution >= 0.6 is 11.3 Å². The summed E-state index contributed by atoms with van der Waals surface area (Å²) in [5, 5.41) is 14.7. The van der Waals surface area contributed by atoms with Crippen LogP contribution in [0.1, 0.15) is 42.6 Å². The Hall–Kier alpha value is -1.92. The largest absolute Gasteiger partial charge is 0.396 e. The number of aromatic nitrogens is 1. The van der Waals surface area contributed by atoms with Crippen molar-refractivity contribution in [2.75, 3.05) is 18.5 Å². The van der Waals surface area contributed by atoms with Crippen molar-refractivity contribution >= 4 is 22.5 Å². The molecule has 0 spiro atoms. The van der Waals surface area contributed by atoms with Crippen molar-refractivity contribution in [1.82, 2.24) is 9.88 Å². The second kappa shape index (κ2) is 7.77. The van der Waals surface area contributed by atoms with Crippen molar-refractivity contribution in [3.05, 3.63) is 46.5 Å². The number of aryl methyl sites for hydroxylation is 2. The van der Waals surface area contributed by atoms with Gasteiger partial charge in [0.1, 0.15) is 0 Å². The lowest BCUT2D eigenvalue weighted by Gasteiger charge is -2.29. The minimum absolute atomic E-state index is 0.0679. The van der Waals surface area contributed by atoms with Gasteiger partial charge in [0, 0.05) is 18.5 Å². The molecule has 2 N–H and O–H groups in total. The quantitative estimate of drug-likeness (QED) is 0.840. The van der Waals surface area contributed by atoms with Crippen molar-refractivity contribution in [3.8, 4) is 0 Å². The van der Waals surface area contributed by atoms with E-state index in [4.69, 9.17) is 0 Å². The number of hydrogen-bond donors (Lipinski definition) is 2. The van der Waals surface area contributed by atoms with Crippen molar-refractivity contribution in [1.29, 1.82) is 0 Å². The number of nitrogens with zero attached hydrogens (tertiary/aromatic N) is 2. The Balaban J connectivity index is 1.77. The zero-order chi connectivity index (χ0) is 16.9. The van der Waals surface area contributed by atoms with E-state index in [0.29, 0.717) is 18.1 Å². The van der Waals surface area contributed by atoms with Crippen LogP contribution in [0.4, 0.5) is 9.93 Å². The number of fused-ring (bicyclic) bond motifs is 1. The van der Waals surface area contributed by atoms with Gasteiger partial charge >= 0.3 is 6.03 Å². The Morgan fingerprint density at radius 3 is 3.04 bits per heavy atom. The van der Waals surface area contributed by atoms with Gasteiger partial charge in [0.2, 0.25) is 0 Å². The fourth-order valence-electron chi connectivity index (χ4n) is 3.19. The lowest BCUT2D eigenvalue weighted by Crippen LogP contribution is -2.38. The highest BCUT2D eigenvalue weighted by molar-refractivity contribution is 7.13. The van der Waals surface area contributed by atoms with Crippen LogP contribution in [0.3, 0.4) is 0 Å². The Kier molecular flexibility index (Phi) is 5.48. The van der Waals surface area contributed by atoms with Gasteiger partial charge in [0.05, 0.1) is 11.7 Å². The van der Waals surface area contributed by atoms with Crippen LogP contribution in [0.25, 0.3) is 0 Å². The number of rotatable bonds is 6. The Labute approximate surface area is 146 Å². The van der Waals surface area contributed by atoms with Gasteiger partial charge in [-0.2, -0.15) is 0 Å². The number of urea groups is 1. The molecule has 24 heavy (non-hydrogen) atoms. The van der Waals surface area contributed by atoms with E-state index < -0.39 is 0 Å². The average molecular weight is 345 g/mol. The topological polar surface area (TPSA) is 65.5 Å². The highest BCUT2D eigenvalue weighted by Gasteiger charge is 2.30. The highest BCUT2D eigenvalue weighted by atomic mass is 32.1. The molecular weight excluding hydrogens is 322 g/mol. The monoisotopic (exact) mass is 345 g/mol. The molecule has 2 aromatic rings. The van der Waals surface area contributed by atoms with Gasteiger partial charge in [-0.3, -0.25) is 5.32 Å². The van der Waals surface area contributed by atoms with Crippen molar-refractivity contribution < 1.29 is 9.90 Å². The van der Waals surface area contributed by atoms with Gasteiger partial charge in [0.15, 0.2) is 5.13 Å². The van der Waals surface area contributed by atoms with E-state index in [9.17, 15) is 9.90 Å². The second-order valence-corrected chi connectivity index (χ2v) is 6.81. The number of anilines is 1. The first-order chi connectivity index (χ1) is 11.7. The summed E-state index contributed by atoms with van der Waals surface area (Å²) >= 11 is 1.45. The Bertz CT molecular complexity index is 701. The van der Waals surface area contributed by atoms with Crippen LogP contribution in [-0.4, -0.2) is 34.2 Å². The molecule has 0 saturated carbocycles. The number of benzene rings is 1. The fourth-order valence-corrected chi connectivity index (χ4v) is 3.97. The molecule has 1 aromatic carbocycles. The molecule has 1 aliphatic rings. The summed E-state index contributed by atoms with van der Waals surface area (Å²) in [5.74, 6) is 0. The van der Waals surface area contributed by atoms with Gasteiger partial charge in [0.25, 0.3) is 0 Å². The van der Waals surface area contributed by atoms with Crippen molar-refractivity contribution in [3.63, 3.8) is 0 Å². The molecule has 5 nitrogen and oxygen atoms in total. The maximum Gasteiger partial charge on any atom is 0.324 e. The van der Waals surface area contributed by atoms with Crippen molar-refractivity contribution in [2.24, 2.45) is 0 Å². The molecular formula is C18H23N3O2S. The first-order valence-electron chi connectivity index (χ1n) is 8.43. The molecule has 0 radical (unpaired) electrons. The molecule has 0 fully saturated rings. The number of hydrogen-bond acceptors (Lipinski definition) is 4. The normalized spacial score (nSPS) is 16.0. The van der Waals surface area contributed by atoms with Crippen LogP contribution in [0.15, 0.2) is 29.6 Å². The maximum atomic E-state index is 12.8. The number of carbonyl (C=O) groups excluding carboxylic acids is 1. The molecule has 0 aliphatic heterocycles. The van der Waals surface area contributed by atoms with Gasteiger partial charge in [-0.15, -0.1) is 11.3 Å². The number of thiazole rings is 1. The van der Waals surface area contributed by atoms with Crippen LogP contribution in [0, 0.1) is 0 Å². The lowest BCUT2D eigenvalue weighted by molar-refractivity contribution is 0.177. The number of carbonyl (C=O) groups is 1. The predicted molar refractivity (Wildman–Crippen MR) is 96.4 cm³/mol.